The maximum atomic E-state index is 11.2. The summed E-state index contributed by atoms with van der Waals surface area (Å²) in [7, 11) is 0. The Hall–Kier alpha value is -1.33. The fraction of sp³-hybridized carbons (Fsp3) is 0.273. The molecule has 0 bridgehead atoms. The zero-order valence-electron chi connectivity index (χ0n) is 9.45. The van der Waals surface area contributed by atoms with Crippen LogP contribution in [-0.4, -0.2) is 16.4 Å². The van der Waals surface area contributed by atoms with Crippen molar-refractivity contribution >= 4 is 44.2 Å². The SMILES string of the molecule is CC(C)(Nc1nc2ccc(Cl)cc2s1)C(N)=O. The molecule has 2 aromatic rings. The van der Waals surface area contributed by atoms with Crippen molar-refractivity contribution < 1.29 is 4.79 Å². The molecule has 0 unspecified atom stereocenters. The molecule has 0 radical (unpaired) electrons. The summed E-state index contributed by atoms with van der Waals surface area (Å²) in [6, 6.07) is 5.47. The number of nitrogens with two attached hydrogens (primary N) is 1. The minimum Gasteiger partial charge on any atom is -0.368 e. The molecule has 0 aliphatic rings. The lowest BCUT2D eigenvalue weighted by Gasteiger charge is -2.21. The van der Waals surface area contributed by atoms with Crippen LogP contribution in [0.5, 0.6) is 0 Å². The predicted octanol–water partition coefficient (Wildman–Crippen LogP) is 2.63. The van der Waals surface area contributed by atoms with Crippen LogP contribution in [-0.2, 0) is 4.79 Å². The van der Waals surface area contributed by atoms with E-state index >= 15 is 0 Å². The lowest BCUT2D eigenvalue weighted by Crippen LogP contribution is -2.44. The number of halogens is 1. The summed E-state index contributed by atoms with van der Waals surface area (Å²) in [6.07, 6.45) is 0. The molecule has 0 aliphatic carbocycles. The quantitative estimate of drug-likeness (QED) is 0.900. The summed E-state index contributed by atoms with van der Waals surface area (Å²) in [5.74, 6) is -0.421. The summed E-state index contributed by atoms with van der Waals surface area (Å²) in [6.45, 7) is 3.43. The molecule has 0 fully saturated rings. The van der Waals surface area contributed by atoms with Gasteiger partial charge in [-0.05, 0) is 32.0 Å². The third-order valence-electron chi connectivity index (χ3n) is 2.39. The zero-order valence-corrected chi connectivity index (χ0v) is 11.0. The van der Waals surface area contributed by atoms with E-state index in [1.807, 2.05) is 12.1 Å². The minimum absolute atomic E-state index is 0.421. The van der Waals surface area contributed by atoms with E-state index in [-0.39, 0.29) is 0 Å². The first-order chi connectivity index (χ1) is 7.88. The van der Waals surface area contributed by atoms with Crippen molar-refractivity contribution in [2.75, 3.05) is 5.32 Å². The van der Waals surface area contributed by atoms with Crippen LogP contribution in [0.1, 0.15) is 13.8 Å². The Morgan fingerprint density at radius 3 is 2.88 bits per heavy atom. The van der Waals surface area contributed by atoms with Crippen LogP contribution in [0.2, 0.25) is 5.02 Å². The van der Waals surface area contributed by atoms with Gasteiger partial charge in [-0.15, -0.1) is 0 Å². The van der Waals surface area contributed by atoms with E-state index in [4.69, 9.17) is 17.3 Å². The van der Waals surface area contributed by atoms with Crippen LogP contribution < -0.4 is 11.1 Å². The van der Waals surface area contributed by atoms with Gasteiger partial charge in [0.1, 0.15) is 5.54 Å². The summed E-state index contributed by atoms with van der Waals surface area (Å²) in [4.78, 5) is 15.6. The molecule has 0 spiro atoms. The monoisotopic (exact) mass is 269 g/mol. The highest BCUT2D eigenvalue weighted by atomic mass is 35.5. The van der Waals surface area contributed by atoms with E-state index in [1.165, 1.54) is 11.3 Å². The van der Waals surface area contributed by atoms with Crippen molar-refractivity contribution in [3.63, 3.8) is 0 Å². The van der Waals surface area contributed by atoms with Crippen molar-refractivity contribution in [3.8, 4) is 0 Å². The van der Waals surface area contributed by atoms with E-state index in [2.05, 4.69) is 10.3 Å². The van der Waals surface area contributed by atoms with Crippen LogP contribution in [0, 0.1) is 0 Å². The van der Waals surface area contributed by atoms with Crippen molar-refractivity contribution in [2.24, 2.45) is 5.73 Å². The standard InChI is InChI=1S/C11H12ClN3OS/c1-11(2,9(13)16)15-10-14-7-4-3-6(12)5-8(7)17-10/h3-5H,1-2H3,(H2,13,16)(H,14,15). The third-order valence-corrected chi connectivity index (χ3v) is 3.55. The zero-order chi connectivity index (χ0) is 12.6. The van der Waals surface area contributed by atoms with Gasteiger partial charge in [0.15, 0.2) is 5.13 Å². The number of aromatic nitrogens is 1. The number of benzene rings is 1. The molecule has 0 saturated carbocycles. The van der Waals surface area contributed by atoms with Gasteiger partial charge in [0.2, 0.25) is 5.91 Å². The highest BCUT2D eigenvalue weighted by Crippen LogP contribution is 2.29. The number of amides is 1. The summed E-state index contributed by atoms with van der Waals surface area (Å²) in [5, 5.41) is 4.34. The molecule has 0 atom stereocenters. The molecule has 1 aromatic heterocycles. The number of carbonyl (C=O) groups excluding carboxylic acids is 1. The highest BCUT2D eigenvalue weighted by Gasteiger charge is 2.25. The first-order valence-corrected chi connectivity index (χ1v) is 6.22. The Balaban J connectivity index is 2.34. The van der Waals surface area contributed by atoms with Crippen molar-refractivity contribution in [1.29, 1.82) is 0 Å². The number of primary amides is 1. The maximum Gasteiger partial charge on any atom is 0.242 e. The van der Waals surface area contributed by atoms with Gasteiger partial charge in [-0.3, -0.25) is 4.79 Å². The van der Waals surface area contributed by atoms with Crippen LogP contribution in [0.4, 0.5) is 5.13 Å². The smallest absolute Gasteiger partial charge is 0.242 e. The van der Waals surface area contributed by atoms with Crippen LogP contribution in [0.3, 0.4) is 0 Å². The van der Waals surface area contributed by atoms with Crippen LogP contribution in [0.25, 0.3) is 10.2 Å². The normalized spacial score (nSPS) is 11.7. The number of nitrogens with one attached hydrogen (secondary N) is 1. The predicted molar refractivity (Wildman–Crippen MR) is 71.5 cm³/mol. The highest BCUT2D eigenvalue weighted by molar-refractivity contribution is 7.22. The molecule has 3 N–H and O–H groups in total. The van der Waals surface area contributed by atoms with Crippen molar-refractivity contribution in [2.45, 2.75) is 19.4 Å². The second-order valence-electron chi connectivity index (χ2n) is 4.25. The van der Waals surface area contributed by atoms with E-state index in [0.717, 1.165) is 10.2 Å². The molecule has 0 aliphatic heterocycles. The van der Waals surface area contributed by atoms with Gasteiger partial charge in [0.25, 0.3) is 0 Å². The number of fused-ring (bicyclic) bond motifs is 1. The van der Waals surface area contributed by atoms with E-state index in [0.29, 0.717) is 10.2 Å². The fourth-order valence-electron chi connectivity index (χ4n) is 1.28. The Labute approximate surface area is 108 Å². The second-order valence-corrected chi connectivity index (χ2v) is 5.71. The maximum absolute atomic E-state index is 11.2. The van der Waals surface area contributed by atoms with E-state index in [1.54, 1.807) is 19.9 Å². The van der Waals surface area contributed by atoms with Gasteiger partial charge in [0, 0.05) is 5.02 Å². The molecule has 1 amide bonds. The molecular weight excluding hydrogens is 258 g/mol. The Morgan fingerprint density at radius 1 is 1.53 bits per heavy atom. The first-order valence-electron chi connectivity index (χ1n) is 5.03. The topological polar surface area (TPSA) is 68.0 Å². The molecule has 90 valence electrons. The lowest BCUT2D eigenvalue weighted by atomic mass is 10.1. The van der Waals surface area contributed by atoms with Gasteiger partial charge in [-0.1, -0.05) is 22.9 Å². The summed E-state index contributed by atoms with van der Waals surface area (Å²) >= 11 is 7.34. The molecule has 6 heteroatoms. The second kappa shape index (κ2) is 4.16. The largest absolute Gasteiger partial charge is 0.368 e. The van der Waals surface area contributed by atoms with Crippen LogP contribution >= 0.6 is 22.9 Å². The van der Waals surface area contributed by atoms with Gasteiger partial charge in [0.05, 0.1) is 10.2 Å². The van der Waals surface area contributed by atoms with E-state index in [9.17, 15) is 4.79 Å². The lowest BCUT2D eigenvalue weighted by molar-refractivity contribution is -0.121. The number of thiazole rings is 1. The number of anilines is 1. The Kier molecular flexibility index (Phi) is 2.97. The van der Waals surface area contributed by atoms with Crippen molar-refractivity contribution in [1.82, 2.24) is 4.98 Å². The Morgan fingerprint density at radius 2 is 2.24 bits per heavy atom. The number of carbonyl (C=O) groups is 1. The molecule has 17 heavy (non-hydrogen) atoms. The van der Waals surface area contributed by atoms with Crippen LogP contribution in [0.15, 0.2) is 18.2 Å². The van der Waals surface area contributed by atoms with Crippen molar-refractivity contribution in [3.05, 3.63) is 23.2 Å². The average Bonchev–Trinajstić information content (AvgIpc) is 2.57. The molecule has 1 aromatic carbocycles. The molecule has 1 heterocycles. The van der Waals surface area contributed by atoms with Gasteiger partial charge < -0.3 is 11.1 Å². The summed E-state index contributed by atoms with van der Waals surface area (Å²) < 4.78 is 0.972. The van der Waals surface area contributed by atoms with Gasteiger partial charge >= 0.3 is 0 Å². The Bertz CT molecular complexity index is 579. The minimum atomic E-state index is -0.822. The first kappa shape index (κ1) is 12.1. The number of hydrogen-bond donors (Lipinski definition) is 2. The average molecular weight is 270 g/mol. The molecular formula is C11H12ClN3OS. The molecule has 2 rings (SSSR count). The number of rotatable bonds is 3. The van der Waals surface area contributed by atoms with Gasteiger partial charge in [-0.2, -0.15) is 0 Å². The fourth-order valence-corrected chi connectivity index (χ4v) is 2.58. The molecule has 0 saturated heterocycles. The molecule has 4 nitrogen and oxygen atoms in total. The number of hydrogen-bond acceptors (Lipinski definition) is 4. The number of nitrogens with zero attached hydrogens (tertiary/aromatic N) is 1. The van der Waals surface area contributed by atoms with E-state index < -0.39 is 11.4 Å². The van der Waals surface area contributed by atoms with Gasteiger partial charge in [-0.25, -0.2) is 4.98 Å². The summed E-state index contributed by atoms with van der Waals surface area (Å²) in [5.41, 5.74) is 5.32. The third kappa shape index (κ3) is 2.50.